The number of halogens is 1. The van der Waals surface area contributed by atoms with Crippen LogP contribution in [0.3, 0.4) is 0 Å². The Balaban J connectivity index is 1.61. The second kappa shape index (κ2) is 6.61. The van der Waals surface area contributed by atoms with E-state index in [2.05, 4.69) is 22.1 Å². The minimum Gasteiger partial charge on any atom is -0.434 e. The second-order valence-corrected chi connectivity index (χ2v) is 6.67. The van der Waals surface area contributed by atoms with Crippen molar-refractivity contribution in [2.24, 2.45) is 0 Å². The Hall–Kier alpha value is -2.79. The molecule has 0 saturated heterocycles. The zero-order valence-corrected chi connectivity index (χ0v) is 14.4. The van der Waals surface area contributed by atoms with Crippen LogP contribution in [-0.4, -0.2) is 9.97 Å². The molecule has 0 amide bonds. The SMILES string of the molecule is Cc1nc(-c2ccc(F)cc2)oc1-c1csc(Cc2ccccc2)n1. The zero-order chi connectivity index (χ0) is 17.2. The lowest BCUT2D eigenvalue weighted by molar-refractivity contribution is 0.585. The topological polar surface area (TPSA) is 38.9 Å². The fourth-order valence-corrected chi connectivity index (χ4v) is 3.43. The Morgan fingerprint density at radius 3 is 2.52 bits per heavy atom. The van der Waals surface area contributed by atoms with Gasteiger partial charge in [-0.15, -0.1) is 11.3 Å². The molecule has 25 heavy (non-hydrogen) atoms. The van der Waals surface area contributed by atoms with Gasteiger partial charge in [0.2, 0.25) is 5.89 Å². The van der Waals surface area contributed by atoms with Gasteiger partial charge in [-0.3, -0.25) is 0 Å². The first kappa shape index (κ1) is 15.7. The number of thiazole rings is 1. The van der Waals surface area contributed by atoms with Crippen molar-refractivity contribution in [1.29, 1.82) is 0 Å². The number of rotatable bonds is 4. The average molecular weight is 350 g/mol. The van der Waals surface area contributed by atoms with Gasteiger partial charge in [-0.2, -0.15) is 0 Å². The molecular weight excluding hydrogens is 335 g/mol. The molecule has 0 radical (unpaired) electrons. The quantitative estimate of drug-likeness (QED) is 0.487. The maximum atomic E-state index is 13.1. The van der Waals surface area contributed by atoms with Crippen LogP contribution in [0.1, 0.15) is 16.3 Å². The van der Waals surface area contributed by atoms with Crippen LogP contribution in [0, 0.1) is 12.7 Å². The number of aromatic nitrogens is 2. The third-order valence-corrected chi connectivity index (χ3v) is 4.72. The Morgan fingerprint density at radius 1 is 1.00 bits per heavy atom. The highest BCUT2D eigenvalue weighted by Crippen LogP contribution is 2.30. The molecule has 0 N–H and O–H groups in total. The van der Waals surface area contributed by atoms with Gasteiger partial charge in [0.15, 0.2) is 5.76 Å². The van der Waals surface area contributed by atoms with E-state index in [0.29, 0.717) is 11.7 Å². The van der Waals surface area contributed by atoms with E-state index in [-0.39, 0.29) is 5.82 Å². The Kier molecular flexibility index (Phi) is 4.15. The monoisotopic (exact) mass is 350 g/mol. The molecule has 3 nitrogen and oxygen atoms in total. The highest BCUT2D eigenvalue weighted by Gasteiger charge is 2.16. The predicted octanol–water partition coefficient (Wildman–Crippen LogP) is 5.50. The lowest BCUT2D eigenvalue weighted by atomic mass is 10.2. The third kappa shape index (κ3) is 3.37. The first-order valence-electron chi connectivity index (χ1n) is 7.91. The minimum absolute atomic E-state index is 0.280. The zero-order valence-electron chi connectivity index (χ0n) is 13.6. The molecule has 2 aromatic carbocycles. The molecule has 0 bridgehead atoms. The number of hydrogen-bond acceptors (Lipinski definition) is 4. The largest absolute Gasteiger partial charge is 0.434 e. The Morgan fingerprint density at radius 2 is 1.76 bits per heavy atom. The van der Waals surface area contributed by atoms with Crippen LogP contribution in [0.5, 0.6) is 0 Å². The lowest BCUT2D eigenvalue weighted by Crippen LogP contribution is -1.87. The molecule has 0 atom stereocenters. The molecule has 4 aromatic rings. The summed E-state index contributed by atoms with van der Waals surface area (Å²) < 4.78 is 19.0. The van der Waals surface area contributed by atoms with Gasteiger partial charge in [-0.05, 0) is 36.8 Å². The number of oxazole rings is 1. The van der Waals surface area contributed by atoms with Crippen LogP contribution in [0.15, 0.2) is 64.4 Å². The van der Waals surface area contributed by atoms with Gasteiger partial charge in [0.05, 0.1) is 10.7 Å². The van der Waals surface area contributed by atoms with Crippen LogP contribution in [0.2, 0.25) is 0 Å². The van der Waals surface area contributed by atoms with Crippen molar-refractivity contribution in [2.75, 3.05) is 0 Å². The molecule has 0 saturated carbocycles. The van der Waals surface area contributed by atoms with E-state index in [1.54, 1.807) is 23.5 Å². The lowest BCUT2D eigenvalue weighted by Gasteiger charge is -1.96. The summed E-state index contributed by atoms with van der Waals surface area (Å²) in [5.74, 6) is 0.859. The number of aryl methyl sites for hydroxylation is 1. The summed E-state index contributed by atoms with van der Waals surface area (Å²) in [6.45, 7) is 1.89. The standard InChI is InChI=1S/C20H15FN2OS/c1-13-19(24-20(22-13)15-7-9-16(21)10-8-15)17-12-25-18(23-17)11-14-5-3-2-4-6-14/h2-10,12H,11H2,1H3. The molecule has 2 aromatic heterocycles. The van der Waals surface area contributed by atoms with E-state index in [1.165, 1.54) is 17.7 Å². The smallest absolute Gasteiger partial charge is 0.227 e. The minimum atomic E-state index is -0.280. The van der Waals surface area contributed by atoms with Gasteiger partial charge in [0.25, 0.3) is 0 Å². The fourth-order valence-electron chi connectivity index (χ4n) is 2.62. The molecule has 0 aliphatic heterocycles. The van der Waals surface area contributed by atoms with Crippen molar-refractivity contribution in [3.8, 4) is 22.9 Å². The van der Waals surface area contributed by atoms with Crippen molar-refractivity contribution in [1.82, 2.24) is 9.97 Å². The number of benzene rings is 2. The molecule has 0 aliphatic carbocycles. The molecule has 5 heteroatoms. The molecule has 4 rings (SSSR count). The van der Waals surface area contributed by atoms with Crippen molar-refractivity contribution >= 4 is 11.3 Å². The van der Waals surface area contributed by atoms with Crippen LogP contribution >= 0.6 is 11.3 Å². The second-order valence-electron chi connectivity index (χ2n) is 5.73. The van der Waals surface area contributed by atoms with Crippen molar-refractivity contribution in [2.45, 2.75) is 13.3 Å². The van der Waals surface area contributed by atoms with Crippen molar-refractivity contribution in [3.05, 3.63) is 82.1 Å². The molecule has 0 unspecified atom stereocenters. The predicted molar refractivity (Wildman–Crippen MR) is 97.0 cm³/mol. The highest BCUT2D eigenvalue weighted by atomic mass is 32.1. The molecular formula is C20H15FN2OS. The maximum absolute atomic E-state index is 13.1. The van der Waals surface area contributed by atoms with Gasteiger partial charge in [0, 0.05) is 17.4 Å². The van der Waals surface area contributed by atoms with Gasteiger partial charge >= 0.3 is 0 Å². The van der Waals surface area contributed by atoms with E-state index < -0.39 is 0 Å². The number of hydrogen-bond donors (Lipinski definition) is 0. The van der Waals surface area contributed by atoms with E-state index in [1.807, 2.05) is 30.5 Å². The summed E-state index contributed by atoms with van der Waals surface area (Å²) in [4.78, 5) is 9.14. The summed E-state index contributed by atoms with van der Waals surface area (Å²) >= 11 is 1.61. The summed E-state index contributed by atoms with van der Waals surface area (Å²) in [6.07, 6.45) is 0.795. The molecule has 0 aliphatic rings. The highest BCUT2D eigenvalue weighted by molar-refractivity contribution is 7.10. The molecule has 0 fully saturated rings. The normalized spacial score (nSPS) is 11.0. The molecule has 2 heterocycles. The number of nitrogens with zero attached hydrogens (tertiary/aromatic N) is 2. The summed E-state index contributed by atoms with van der Waals surface area (Å²) in [5.41, 5.74) is 3.53. The average Bonchev–Trinajstić information content (AvgIpc) is 3.23. The van der Waals surface area contributed by atoms with E-state index in [4.69, 9.17) is 4.42 Å². The summed E-state index contributed by atoms with van der Waals surface area (Å²) in [7, 11) is 0. The third-order valence-electron chi connectivity index (χ3n) is 3.87. The summed E-state index contributed by atoms with van der Waals surface area (Å²) in [6, 6.07) is 16.4. The fraction of sp³-hybridized carbons (Fsp3) is 0.100. The van der Waals surface area contributed by atoms with Gasteiger partial charge < -0.3 is 4.42 Å². The molecule has 124 valence electrons. The van der Waals surface area contributed by atoms with Crippen molar-refractivity contribution in [3.63, 3.8) is 0 Å². The maximum Gasteiger partial charge on any atom is 0.227 e. The van der Waals surface area contributed by atoms with Crippen LogP contribution in [0.25, 0.3) is 22.9 Å². The Bertz CT molecular complexity index is 990. The van der Waals surface area contributed by atoms with Crippen LogP contribution in [0.4, 0.5) is 4.39 Å². The Labute approximate surface area is 148 Å². The van der Waals surface area contributed by atoms with Gasteiger partial charge in [-0.25, -0.2) is 14.4 Å². The van der Waals surface area contributed by atoms with Crippen LogP contribution < -0.4 is 0 Å². The van der Waals surface area contributed by atoms with E-state index >= 15 is 0 Å². The van der Waals surface area contributed by atoms with Gasteiger partial charge in [0.1, 0.15) is 11.5 Å². The first-order chi connectivity index (χ1) is 12.2. The summed E-state index contributed by atoms with van der Waals surface area (Å²) in [5, 5.41) is 3.01. The van der Waals surface area contributed by atoms with Crippen LogP contribution in [-0.2, 0) is 6.42 Å². The van der Waals surface area contributed by atoms with Crippen molar-refractivity contribution < 1.29 is 8.81 Å². The van der Waals surface area contributed by atoms with E-state index in [9.17, 15) is 4.39 Å². The molecule has 0 spiro atoms. The van der Waals surface area contributed by atoms with E-state index in [0.717, 1.165) is 28.4 Å². The van der Waals surface area contributed by atoms with Gasteiger partial charge in [-0.1, -0.05) is 30.3 Å². The first-order valence-corrected chi connectivity index (χ1v) is 8.79.